The Kier molecular flexibility index (Phi) is 3.12. The predicted molar refractivity (Wildman–Crippen MR) is 84.7 cm³/mol. The van der Waals surface area contributed by atoms with E-state index in [4.69, 9.17) is 0 Å². The molecule has 0 unspecified atom stereocenters. The summed E-state index contributed by atoms with van der Waals surface area (Å²) in [5, 5.41) is 0. The van der Waals surface area contributed by atoms with Crippen LogP contribution in [0.5, 0.6) is 0 Å². The maximum absolute atomic E-state index is 13.3. The summed E-state index contributed by atoms with van der Waals surface area (Å²) in [5.41, 5.74) is 3.68. The van der Waals surface area contributed by atoms with Crippen LogP contribution in [0.2, 0.25) is 0 Å². The van der Waals surface area contributed by atoms with E-state index in [1.807, 2.05) is 36.4 Å². The molecule has 1 N–H and O–H groups in total. The Morgan fingerprint density at radius 1 is 0.826 bits per heavy atom. The summed E-state index contributed by atoms with van der Waals surface area (Å²) in [6.07, 6.45) is 3.50. The van der Waals surface area contributed by atoms with Crippen LogP contribution in [0.4, 0.5) is 8.78 Å². The number of aromatic nitrogens is 3. The van der Waals surface area contributed by atoms with Crippen LogP contribution in [0.15, 0.2) is 60.9 Å². The average molecular weight is 307 g/mol. The summed E-state index contributed by atoms with van der Waals surface area (Å²) >= 11 is 0. The van der Waals surface area contributed by atoms with E-state index in [0.29, 0.717) is 16.9 Å². The molecule has 0 amide bonds. The fourth-order valence-electron chi connectivity index (χ4n) is 2.52. The molecule has 0 fully saturated rings. The molecule has 0 radical (unpaired) electrons. The van der Waals surface area contributed by atoms with E-state index in [0.717, 1.165) is 28.8 Å². The average Bonchev–Trinajstić information content (AvgIpc) is 2.99. The van der Waals surface area contributed by atoms with Crippen LogP contribution in [-0.4, -0.2) is 15.0 Å². The summed E-state index contributed by atoms with van der Waals surface area (Å²) in [6, 6.07) is 13.8. The van der Waals surface area contributed by atoms with Crippen molar-refractivity contribution in [1.29, 1.82) is 0 Å². The first kappa shape index (κ1) is 13.6. The maximum atomic E-state index is 13.3. The van der Waals surface area contributed by atoms with Gasteiger partial charge in [0.25, 0.3) is 0 Å². The minimum atomic E-state index is -0.903. The number of imidazole rings is 1. The zero-order valence-corrected chi connectivity index (χ0v) is 11.9. The van der Waals surface area contributed by atoms with Crippen LogP contribution >= 0.6 is 0 Å². The lowest BCUT2D eigenvalue weighted by Gasteiger charge is -2.03. The number of aromatic amines is 1. The van der Waals surface area contributed by atoms with Crippen LogP contribution in [0.1, 0.15) is 0 Å². The number of nitrogens with zero attached hydrogens (tertiary/aromatic N) is 2. The number of benzene rings is 2. The fourth-order valence-corrected chi connectivity index (χ4v) is 2.52. The van der Waals surface area contributed by atoms with Crippen molar-refractivity contribution in [1.82, 2.24) is 15.0 Å². The van der Waals surface area contributed by atoms with Gasteiger partial charge in [-0.3, -0.25) is 4.98 Å². The molecule has 2 heterocycles. The predicted octanol–water partition coefficient (Wildman–Crippen LogP) is 4.57. The van der Waals surface area contributed by atoms with E-state index >= 15 is 0 Å². The Bertz CT molecular complexity index is 955. The van der Waals surface area contributed by atoms with Crippen molar-refractivity contribution in [2.75, 3.05) is 0 Å². The molecule has 2 aromatic heterocycles. The quantitative estimate of drug-likeness (QED) is 0.589. The van der Waals surface area contributed by atoms with E-state index in [1.54, 1.807) is 12.4 Å². The van der Waals surface area contributed by atoms with Gasteiger partial charge in [-0.15, -0.1) is 0 Å². The third kappa shape index (κ3) is 2.46. The second kappa shape index (κ2) is 5.28. The van der Waals surface area contributed by atoms with Gasteiger partial charge in [-0.2, -0.15) is 0 Å². The zero-order chi connectivity index (χ0) is 15.8. The van der Waals surface area contributed by atoms with Crippen molar-refractivity contribution in [2.45, 2.75) is 0 Å². The SMILES string of the molecule is Fc1cc2nc(-c3cccc(-c4cccnc4)c3)[nH]c2cc1F. The standard InChI is InChI=1S/C18H11F2N3/c19-14-8-16-17(9-15(14)20)23-18(22-16)12-4-1-3-11(7-12)13-5-2-6-21-10-13/h1-10H,(H,22,23). The van der Waals surface area contributed by atoms with E-state index in [2.05, 4.69) is 15.0 Å². The smallest absolute Gasteiger partial charge is 0.161 e. The Hall–Kier alpha value is -3.08. The number of nitrogens with one attached hydrogen (secondary N) is 1. The van der Waals surface area contributed by atoms with Crippen LogP contribution in [0.25, 0.3) is 33.5 Å². The summed E-state index contributed by atoms with van der Waals surface area (Å²) in [7, 11) is 0. The number of pyridine rings is 1. The molecule has 5 heteroatoms. The molecule has 0 aliphatic rings. The first-order valence-electron chi connectivity index (χ1n) is 7.06. The second-order valence-corrected chi connectivity index (χ2v) is 5.19. The van der Waals surface area contributed by atoms with Gasteiger partial charge in [0, 0.05) is 35.7 Å². The lowest BCUT2D eigenvalue weighted by atomic mass is 10.0. The Morgan fingerprint density at radius 2 is 1.61 bits per heavy atom. The van der Waals surface area contributed by atoms with Gasteiger partial charge < -0.3 is 4.98 Å². The number of H-pyrrole nitrogens is 1. The van der Waals surface area contributed by atoms with Gasteiger partial charge in [0.1, 0.15) is 5.82 Å². The molecule has 0 bridgehead atoms. The molecule has 0 aliphatic carbocycles. The minimum Gasteiger partial charge on any atom is -0.338 e. The van der Waals surface area contributed by atoms with Crippen molar-refractivity contribution in [3.05, 3.63) is 72.6 Å². The van der Waals surface area contributed by atoms with Crippen molar-refractivity contribution >= 4 is 11.0 Å². The monoisotopic (exact) mass is 307 g/mol. The first-order chi connectivity index (χ1) is 11.2. The summed E-state index contributed by atoms with van der Waals surface area (Å²) in [4.78, 5) is 11.5. The van der Waals surface area contributed by atoms with Crippen molar-refractivity contribution in [3.8, 4) is 22.5 Å². The highest BCUT2D eigenvalue weighted by atomic mass is 19.2. The molecule has 3 nitrogen and oxygen atoms in total. The van der Waals surface area contributed by atoms with Gasteiger partial charge in [0.2, 0.25) is 0 Å². The number of rotatable bonds is 2. The topological polar surface area (TPSA) is 41.6 Å². The molecule has 0 aliphatic heterocycles. The molecule has 4 aromatic rings. The van der Waals surface area contributed by atoms with Gasteiger partial charge >= 0.3 is 0 Å². The lowest BCUT2D eigenvalue weighted by molar-refractivity contribution is 0.510. The Labute approximate surface area is 130 Å². The molecule has 2 aromatic carbocycles. The van der Waals surface area contributed by atoms with Gasteiger partial charge in [-0.05, 0) is 17.7 Å². The van der Waals surface area contributed by atoms with E-state index in [1.165, 1.54) is 0 Å². The highest BCUT2D eigenvalue weighted by Gasteiger charge is 2.10. The molecule has 0 saturated carbocycles. The van der Waals surface area contributed by atoms with Crippen LogP contribution in [0.3, 0.4) is 0 Å². The van der Waals surface area contributed by atoms with Crippen molar-refractivity contribution in [3.63, 3.8) is 0 Å². The molecular formula is C18H11F2N3. The highest BCUT2D eigenvalue weighted by Crippen LogP contribution is 2.26. The van der Waals surface area contributed by atoms with E-state index < -0.39 is 11.6 Å². The number of halogens is 2. The molecule has 0 spiro atoms. The molecule has 23 heavy (non-hydrogen) atoms. The first-order valence-corrected chi connectivity index (χ1v) is 7.06. The fraction of sp³-hybridized carbons (Fsp3) is 0. The normalized spacial score (nSPS) is 11.0. The van der Waals surface area contributed by atoms with Crippen LogP contribution in [0, 0.1) is 11.6 Å². The number of fused-ring (bicyclic) bond motifs is 1. The second-order valence-electron chi connectivity index (χ2n) is 5.19. The van der Waals surface area contributed by atoms with Crippen molar-refractivity contribution in [2.24, 2.45) is 0 Å². The van der Waals surface area contributed by atoms with Gasteiger partial charge in [0.05, 0.1) is 11.0 Å². The van der Waals surface area contributed by atoms with Gasteiger partial charge in [-0.1, -0.05) is 24.3 Å². The highest BCUT2D eigenvalue weighted by molar-refractivity contribution is 5.80. The third-order valence-corrected chi connectivity index (χ3v) is 3.65. The zero-order valence-electron chi connectivity index (χ0n) is 11.9. The van der Waals surface area contributed by atoms with Crippen LogP contribution < -0.4 is 0 Å². The lowest BCUT2D eigenvalue weighted by Crippen LogP contribution is -1.83. The van der Waals surface area contributed by atoms with Crippen LogP contribution in [-0.2, 0) is 0 Å². The molecule has 0 saturated heterocycles. The Balaban J connectivity index is 1.82. The summed E-state index contributed by atoms with van der Waals surface area (Å²) in [5.74, 6) is -1.23. The van der Waals surface area contributed by atoms with Gasteiger partial charge in [-0.25, -0.2) is 13.8 Å². The Morgan fingerprint density at radius 3 is 2.43 bits per heavy atom. The minimum absolute atomic E-state index is 0.394. The molecular weight excluding hydrogens is 296 g/mol. The van der Waals surface area contributed by atoms with E-state index in [9.17, 15) is 8.78 Å². The number of hydrogen-bond donors (Lipinski definition) is 1. The summed E-state index contributed by atoms with van der Waals surface area (Å²) in [6.45, 7) is 0. The number of hydrogen-bond acceptors (Lipinski definition) is 2. The van der Waals surface area contributed by atoms with Gasteiger partial charge in [0.15, 0.2) is 11.6 Å². The largest absolute Gasteiger partial charge is 0.338 e. The maximum Gasteiger partial charge on any atom is 0.161 e. The molecule has 0 atom stereocenters. The third-order valence-electron chi connectivity index (χ3n) is 3.65. The molecule has 112 valence electrons. The molecule has 4 rings (SSSR count). The van der Waals surface area contributed by atoms with Crippen molar-refractivity contribution < 1.29 is 8.78 Å². The summed E-state index contributed by atoms with van der Waals surface area (Å²) < 4.78 is 26.6. The van der Waals surface area contributed by atoms with E-state index in [-0.39, 0.29) is 0 Å².